The van der Waals surface area contributed by atoms with Gasteiger partial charge in [-0.05, 0) is 43.6 Å². The standard InChI is InChI=1S/C19H23FN4O/c20-16-6-4-15(5-7-16)18(24-12-2-1-3-13-24)19(25)23-9-8-17-14-21-10-11-22-17/h4-7,10-11,14,18H,1-3,8-9,12-13H2,(H,23,25). The summed E-state index contributed by atoms with van der Waals surface area (Å²) in [5, 5.41) is 3.00. The first kappa shape index (κ1) is 17.5. The Labute approximate surface area is 147 Å². The normalized spacial score (nSPS) is 16.4. The molecule has 2 heterocycles. The van der Waals surface area contributed by atoms with Gasteiger partial charge in [0.05, 0.1) is 5.69 Å². The van der Waals surface area contributed by atoms with Gasteiger partial charge in [-0.3, -0.25) is 19.7 Å². The number of nitrogens with one attached hydrogen (secondary N) is 1. The van der Waals surface area contributed by atoms with Gasteiger partial charge in [0.15, 0.2) is 0 Å². The van der Waals surface area contributed by atoms with Gasteiger partial charge in [-0.2, -0.15) is 0 Å². The molecule has 132 valence electrons. The molecule has 1 amide bonds. The van der Waals surface area contributed by atoms with Gasteiger partial charge in [0.1, 0.15) is 11.9 Å². The Morgan fingerprint density at radius 2 is 1.92 bits per heavy atom. The Kier molecular flexibility index (Phi) is 6.06. The Morgan fingerprint density at radius 3 is 2.60 bits per heavy atom. The molecule has 1 saturated heterocycles. The molecule has 1 unspecified atom stereocenters. The van der Waals surface area contributed by atoms with Gasteiger partial charge in [-0.15, -0.1) is 0 Å². The summed E-state index contributed by atoms with van der Waals surface area (Å²) in [7, 11) is 0. The summed E-state index contributed by atoms with van der Waals surface area (Å²) in [4.78, 5) is 23.3. The summed E-state index contributed by atoms with van der Waals surface area (Å²) in [5.41, 5.74) is 1.68. The highest BCUT2D eigenvalue weighted by Crippen LogP contribution is 2.25. The van der Waals surface area contributed by atoms with Crippen molar-refractivity contribution in [1.29, 1.82) is 0 Å². The van der Waals surface area contributed by atoms with Crippen molar-refractivity contribution in [3.05, 3.63) is 59.9 Å². The molecule has 1 aliphatic heterocycles. The molecule has 2 aromatic rings. The number of carbonyl (C=O) groups is 1. The second-order valence-electron chi connectivity index (χ2n) is 6.29. The van der Waals surface area contributed by atoms with Gasteiger partial charge < -0.3 is 5.32 Å². The van der Waals surface area contributed by atoms with Gasteiger partial charge in [-0.25, -0.2) is 4.39 Å². The van der Waals surface area contributed by atoms with Crippen LogP contribution in [-0.2, 0) is 11.2 Å². The predicted octanol–water partition coefficient (Wildman–Crippen LogP) is 2.50. The molecule has 3 rings (SSSR count). The molecule has 1 N–H and O–H groups in total. The minimum atomic E-state index is -0.372. The molecule has 0 saturated carbocycles. The van der Waals surface area contributed by atoms with Gasteiger partial charge in [-0.1, -0.05) is 18.6 Å². The lowest BCUT2D eigenvalue weighted by atomic mass is 10.0. The lowest BCUT2D eigenvalue weighted by Crippen LogP contribution is -2.43. The van der Waals surface area contributed by atoms with Crippen molar-refractivity contribution in [2.45, 2.75) is 31.7 Å². The molecule has 1 atom stereocenters. The molecule has 1 aromatic heterocycles. The van der Waals surface area contributed by atoms with Crippen molar-refractivity contribution in [2.75, 3.05) is 19.6 Å². The maximum absolute atomic E-state index is 13.3. The summed E-state index contributed by atoms with van der Waals surface area (Å²) >= 11 is 0. The van der Waals surface area contributed by atoms with Crippen LogP contribution in [0.2, 0.25) is 0 Å². The number of carbonyl (C=O) groups excluding carboxylic acids is 1. The Hall–Kier alpha value is -2.34. The summed E-state index contributed by atoms with van der Waals surface area (Å²) in [6, 6.07) is 5.87. The average Bonchev–Trinajstić information content (AvgIpc) is 2.65. The molecule has 1 aromatic carbocycles. The highest BCUT2D eigenvalue weighted by Gasteiger charge is 2.28. The molecule has 5 nitrogen and oxygen atoms in total. The fourth-order valence-electron chi connectivity index (χ4n) is 3.22. The number of aromatic nitrogens is 2. The first-order valence-corrected chi connectivity index (χ1v) is 8.76. The number of rotatable bonds is 6. The van der Waals surface area contributed by atoms with Crippen molar-refractivity contribution in [1.82, 2.24) is 20.2 Å². The van der Waals surface area contributed by atoms with Crippen molar-refractivity contribution < 1.29 is 9.18 Å². The van der Waals surface area contributed by atoms with Crippen LogP contribution in [0.3, 0.4) is 0 Å². The van der Waals surface area contributed by atoms with Crippen molar-refractivity contribution in [2.24, 2.45) is 0 Å². The van der Waals surface area contributed by atoms with E-state index in [-0.39, 0.29) is 17.8 Å². The summed E-state index contributed by atoms with van der Waals surface area (Å²) in [6.07, 6.45) is 8.98. The number of hydrogen-bond donors (Lipinski definition) is 1. The van der Waals surface area contributed by atoms with E-state index in [1.165, 1.54) is 18.6 Å². The SMILES string of the molecule is O=C(NCCc1cnccn1)C(c1ccc(F)cc1)N1CCCCC1. The van der Waals surface area contributed by atoms with E-state index in [0.717, 1.165) is 37.2 Å². The van der Waals surface area contributed by atoms with Crippen LogP contribution in [0, 0.1) is 5.82 Å². The zero-order chi connectivity index (χ0) is 17.5. The lowest BCUT2D eigenvalue weighted by molar-refractivity contribution is -0.127. The number of likely N-dealkylation sites (tertiary alicyclic amines) is 1. The van der Waals surface area contributed by atoms with E-state index in [9.17, 15) is 9.18 Å². The van der Waals surface area contributed by atoms with Gasteiger partial charge in [0.2, 0.25) is 5.91 Å². The third-order valence-corrected chi connectivity index (χ3v) is 4.49. The number of nitrogens with zero attached hydrogens (tertiary/aromatic N) is 3. The van der Waals surface area contributed by atoms with Gasteiger partial charge in [0.25, 0.3) is 0 Å². The van der Waals surface area contributed by atoms with Crippen LogP contribution in [0.5, 0.6) is 0 Å². The third-order valence-electron chi connectivity index (χ3n) is 4.49. The van der Waals surface area contributed by atoms with E-state index < -0.39 is 0 Å². The van der Waals surface area contributed by atoms with Crippen LogP contribution in [0.25, 0.3) is 0 Å². The highest BCUT2D eigenvalue weighted by molar-refractivity contribution is 5.83. The highest BCUT2D eigenvalue weighted by atomic mass is 19.1. The van der Waals surface area contributed by atoms with Gasteiger partial charge >= 0.3 is 0 Å². The fraction of sp³-hybridized carbons (Fsp3) is 0.421. The maximum Gasteiger partial charge on any atom is 0.241 e. The molecule has 0 spiro atoms. The van der Waals surface area contributed by atoms with Crippen LogP contribution < -0.4 is 5.32 Å². The van der Waals surface area contributed by atoms with Gasteiger partial charge in [0, 0.05) is 31.6 Å². The molecule has 0 bridgehead atoms. The second-order valence-corrected chi connectivity index (χ2v) is 6.29. The topological polar surface area (TPSA) is 58.1 Å². The second kappa shape index (κ2) is 8.67. The van der Waals surface area contributed by atoms with Crippen LogP contribution >= 0.6 is 0 Å². The number of piperidine rings is 1. The zero-order valence-electron chi connectivity index (χ0n) is 14.2. The van der Waals surface area contributed by atoms with Crippen LogP contribution in [-0.4, -0.2) is 40.4 Å². The predicted molar refractivity (Wildman–Crippen MR) is 93.3 cm³/mol. The number of benzene rings is 1. The smallest absolute Gasteiger partial charge is 0.241 e. The van der Waals surface area contributed by atoms with E-state index in [1.807, 2.05) is 0 Å². The molecule has 0 aliphatic carbocycles. The number of halogens is 1. The molecule has 25 heavy (non-hydrogen) atoms. The average molecular weight is 342 g/mol. The first-order chi connectivity index (χ1) is 12.2. The van der Waals surface area contributed by atoms with Crippen LogP contribution in [0.4, 0.5) is 4.39 Å². The van der Waals surface area contributed by atoms with E-state index in [0.29, 0.717) is 13.0 Å². The minimum absolute atomic E-state index is 0.0441. The van der Waals surface area contributed by atoms with Crippen LogP contribution in [0.15, 0.2) is 42.9 Å². The third kappa shape index (κ3) is 4.82. The monoisotopic (exact) mass is 342 g/mol. The van der Waals surface area contributed by atoms with Crippen molar-refractivity contribution in [3.8, 4) is 0 Å². The Bertz CT molecular complexity index is 672. The number of hydrogen-bond acceptors (Lipinski definition) is 4. The minimum Gasteiger partial charge on any atom is -0.354 e. The molecular weight excluding hydrogens is 319 g/mol. The largest absolute Gasteiger partial charge is 0.354 e. The molecular formula is C19H23FN4O. The molecule has 1 aliphatic rings. The maximum atomic E-state index is 13.3. The summed E-state index contributed by atoms with van der Waals surface area (Å²) in [5.74, 6) is -0.332. The summed E-state index contributed by atoms with van der Waals surface area (Å²) in [6.45, 7) is 2.28. The van der Waals surface area contributed by atoms with Crippen LogP contribution in [0.1, 0.15) is 36.6 Å². The van der Waals surface area contributed by atoms with Crippen molar-refractivity contribution >= 4 is 5.91 Å². The van der Waals surface area contributed by atoms with E-state index in [2.05, 4.69) is 20.2 Å². The Morgan fingerprint density at radius 1 is 1.16 bits per heavy atom. The van der Waals surface area contributed by atoms with Crippen molar-refractivity contribution in [3.63, 3.8) is 0 Å². The fourth-order valence-corrected chi connectivity index (χ4v) is 3.22. The Balaban J connectivity index is 1.67. The van der Waals surface area contributed by atoms with E-state index in [1.54, 1.807) is 30.7 Å². The zero-order valence-corrected chi connectivity index (χ0v) is 14.2. The first-order valence-electron chi connectivity index (χ1n) is 8.76. The molecule has 1 fully saturated rings. The quantitative estimate of drug-likeness (QED) is 0.876. The van der Waals surface area contributed by atoms with E-state index >= 15 is 0 Å². The number of amides is 1. The molecule has 6 heteroatoms. The molecule has 0 radical (unpaired) electrons. The lowest BCUT2D eigenvalue weighted by Gasteiger charge is -2.34. The summed E-state index contributed by atoms with van der Waals surface area (Å²) < 4.78 is 13.3. The van der Waals surface area contributed by atoms with E-state index in [4.69, 9.17) is 0 Å².